The lowest BCUT2D eigenvalue weighted by atomic mass is 10.00. The fourth-order valence-corrected chi connectivity index (χ4v) is 4.27. The summed E-state index contributed by atoms with van der Waals surface area (Å²) in [6.07, 6.45) is 8.07. The molecule has 8 heteroatoms. The number of aliphatic carboxylic acids is 1. The van der Waals surface area contributed by atoms with Gasteiger partial charge in [-0.1, -0.05) is 82.9 Å². The molecule has 1 amide bonds. The fraction of sp³-hybridized carbons (Fsp3) is 0.500. The van der Waals surface area contributed by atoms with E-state index in [1.54, 1.807) is 25.3 Å². The van der Waals surface area contributed by atoms with E-state index in [4.69, 9.17) is 0 Å². The number of carbonyl (C=O) groups excluding carboxylic acids is 1. The van der Waals surface area contributed by atoms with E-state index in [0.717, 1.165) is 36.3 Å². The Bertz CT molecular complexity index is 1070. The number of unbranched alkanes of at least 4 members (excludes halogenated alkanes) is 8. The van der Waals surface area contributed by atoms with E-state index in [2.05, 4.69) is 23.7 Å². The third-order valence-electron chi connectivity index (χ3n) is 6.38. The summed E-state index contributed by atoms with van der Waals surface area (Å²) in [5, 5.41) is 9.37. The standard InChI is InChI=1S/C30H37F3N2O3/c1-3-5-6-7-8-9-10-11-12-13-14-26-20-15-23(21-34-26)22-35(28(36)29(37)38)27(4-2)24-16-18-25(19-17-24)30(31,32)33/h15-21,27H,3-12,22H2,1-2H3,(H,37,38). The summed E-state index contributed by atoms with van der Waals surface area (Å²) in [6.45, 7) is 3.91. The number of amides is 1. The number of carboxylic acid groups (broad SMARTS) is 1. The Balaban J connectivity index is 2.01. The lowest BCUT2D eigenvalue weighted by Crippen LogP contribution is -2.38. The molecule has 0 saturated heterocycles. The molecule has 2 rings (SSSR count). The average Bonchev–Trinajstić information content (AvgIpc) is 2.89. The van der Waals surface area contributed by atoms with Crippen molar-refractivity contribution in [3.05, 3.63) is 65.0 Å². The summed E-state index contributed by atoms with van der Waals surface area (Å²) in [7, 11) is 0. The van der Waals surface area contributed by atoms with Crippen LogP contribution in [0.5, 0.6) is 0 Å². The first-order valence-electron chi connectivity index (χ1n) is 13.3. The molecule has 0 saturated carbocycles. The Kier molecular flexibility index (Phi) is 12.8. The van der Waals surface area contributed by atoms with Crippen LogP contribution in [0.15, 0.2) is 42.6 Å². The maximum absolute atomic E-state index is 13.0. The molecule has 0 aliphatic heterocycles. The van der Waals surface area contributed by atoms with Gasteiger partial charge in [-0.15, -0.1) is 0 Å². The minimum absolute atomic E-state index is 0.0520. The first-order valence-corrected chi connectivity index (χ1v) is 13.3. The second-order valence-corrected chi connectivity index (χ2v) is 9.36. The van der Waals surface area contributed by atoms with E-state index in [9.17, 15) is 27.9 Å². The van der Waals surface area contributed by atoms with Crippen molar-refractivity contribution < 1.29 is 27.9 Å². The van der Waals surface area contributed by atoms with Crippen molar-refractivity contribution in [1.82, 2.24) is 9.88 Å². The third-order valence-corrected chi connectivity index (χ3v) is 6.38. The van der Waals surface area contributed by atoms with Crippen LogP contribution >= 0.6 is 0 Å². The number of hydrogen-bond donors (Lipinski definition) is 1. The van der Waals surface area contributed by atoms with Gasteiger partial charge in [0.05, 0.1) is 11.6 Å². The van der Waals surface area contributed by atoms with Crippen molar-refractivity contribution >= 4 is 11.9 Å². The van der Waals surface area contributed by atoms with Crippen molar-refractivity contribution in [1.29, 1.82) is 0 Å². The van der Waals surface area contributed by atoms with Gasteiger partial charge in [0.1, 0.15) is 5.69 Å². The molecule has 1 aromatic carbocycles. The minimum Gasteiger partial charge on any atom is -0.474 e. The number of nitrogens with zero attached hydrogens (tertiary/aromatic N) is 2. The highest BCUT2D eigenvalue weighted by Crippen LogP contribution is 2.32. The quantitative estimate of drug-likeness (QED) is 0.165. The second-order valence-electron chi connectivity index (χ2n) is 9.36. The normalized spacial score (nSPS) is 11.9. The summed E-state index contributed by atoms with van der Waals surface area (Å²) < 4.78 is 38.9. The van der Waals surface area contributed by atoms with Gasteiger partial charge in [-0.25, -0.2) is 9.78 Å². The molecule has 1 N–H and O–H groups in total. The fourth-order valence-electron chi connectivity index (χ4n) is 4.27. The van der Waals surface area contributed by atoms with Crippen molar-refractivity contribution in [3.63, 3.8) is 0 Å². The van der Waals surface area contributed by atoms with Crippen LogP contribution in [-0.2, 0) is 22.3 Å². The van der Waals surface area contributed by atoms with Crippen LogP contribution < -0.4 is 0 Å². The van der Waals surface area contributed by atoms with Crippen LogP contribution in [0.3, 0.4) is 0 Å². The van der Waals surface area contributed by atoms with Gasteiger partial charge >= 0.3 is 18.1 Å². The smallest absolute Gasteiger partial charge is 0.416 e. The zero-order valence-electron chi connectivity index (χ0n) is 22.2. The Morgan fingerprint density at radius 2 is 1.58 bits per heavy atom. The number of hydrogen-bond acceptors (Lipinski definition) is 3. The first-order chi connectivity index (χ1) is 18.2. The highest BCUT2D eigenvalue weighted by atomic mass is 19.4. The van der Waals surface area contributed by atoms with E-state index >= 15 is 0 Å². The monoisotopic (exact) mass is 530 g/mol. The zero-order valence-corrected chi connectivity index (χ0v) is 22.2. The van der Waals surface area contributed by atoms with Crippen molar-refractivity contribution in [2.75, 3.05) is 0 Å². The van der Waals surface area contributed by atoms with Gasteiger partial charge in [-0.3, -0.25) is 4.79 Å². The predicted octanol–water partition coefficient (Wildman–Crippen LogP) is 7.55. The topological polar surface area (TPSA) is 70.5 Å². The average molecular weight is 531 g/mol. The van der Waals surface area contributed by atoms with E-state index in [1.165, 1.54) is 50.7 Å². The zero-order chi connectivity index (χ0) is 28.0. The summed E-state index contributed by atoms with van der Waals surface area (Å²) in [4.78, 5) is 29.5. The van der Waals surface area contributed by atoms with Crippen LogP contribution in [0.1, 0.15) is 106 Å². The lowest BCUT2D eigenvalue weighted by molar-refractivity contribution is -0.157. The Hall–Kier alpha value is -3.34. The molecule has 5 nitrogen and oxygen atoms in total. The number of carboxylic acids is 1. The molecular formula is C30H37F3N2O3. The first kappa shape index (κ1) is 30.9. The van der Waals surface area contributed by atoms with Crippen LogP contribution in [0, 0.1) is 11.8 Å². The maximum atomic E-state index is 13.0. The predicted molar refractivity (Wildman–Crippen MR) is 141 cm³/mol. The molecule has 1 unspecified atom stereocenters. The number of halogens is 3. The van der Waals surface area contributed by atoms with Crippen molar-refractivity contribution in [2.24, 2.45) is 0 Å². The molecule has 1 heterocycles. The summed E-state index contributed by atoms with van der Waals surface area (Å²) in [6, 6.07) is 7.17. The number of benzene rings is 1. The van der Waals surface area contributed by atoms with E-state index < -0.39 is 29.7 Å². The molecule has 1 atom stereocenters. The van der Waals surface area contributed by atoms with Crippen LogP contribution in [0.4, 0.5) is 13.2 Å². The lowest BCUT2D eigenvalue weighted by Gasteiger charge is -2.30. The Morgan fingerprint density at radius 3 is 2.11 bits per heavy atom. The van der Waals surface area contributed by atoms with Crippen LogP contribution in [0.2, 0.25) is 0 Å². The molecule has 38 heavy (non-hydrogen) atoms. The van der Waals surface area contributed by atoms with Crippen LogP contribution in [-0.4, -0.2) is 26.9 Å². The van der Waals surface area contributed by atoms with Gasteiger partial charge in [-0.2, -0.15) is 13.2 Å². The SMILES string of the molecule is CCCCCCCCCCC#Cc1ccc(CN(C(=O)C(=O)O)C(CC)c2ccc(C(F)(F)F)cc2)cn1. The molecular weight excluding hydrogens is 493 g/mol. The van der Waals surface area contributed by atoms with Gasteiger partial charge in [0.25, 0.3) is 0 Å². The van der Waals surface area contributed by atoms with Gasteiger partial charge in [0, 0.05) is 19.2 Å². The number of alkyl halides is 3. The molecule has 2 aromatic rings. The van der Waals surface area contributed by atoms with E-state index in [-0.39, 0.29) is 6.54 Å². The Labute approximate surface area is 223 Å². The third kappa shape index (κ3) is 10.2. The van der Waals surface area contributed by atoms with Crippen molar-refractivity contribution in [2.45, 2.75) is 96.8 Å². The van der Waals surface area contributed by atoms with Gasteiger partial charge in [-0.05, 0) is 48.1 Å². The molecule has 0 fully saturated rings. The molecule has 1 aromatic heterocycles. The Morgan fingerprint density at radius 1 is 0.947 bits per heavy atom. The number of carbonyl (C=O) groups is 2. The number of pyridine rings is 1. The van der Waals surface area contributed by atoms with E-state index in [1.807, 2.05) is 0 Å². The highest BCUT2D eigenvalue weighted by Gasteiger charge is 2.32. The van der Waals surface area contributed by atoms with Gasteiger partial charge < -0.3 is 10.0 Å². The van der Waals surface area contributed by atoms with Crippen molar-refractivity contribution in [3.8, 4) is 11.8 Å². The molecule has 0 bridgehead atoms. The maximum Gasteiger partial charge on any atom is 0.416 e. The summed E-state index contributed by atoms with van der Waals surface area (Å²) in [5.74, 6) is 3.40. The van der Waals surface area contributed by atoms with Gasteiger partial charge in [0.15, 0.2) is 0 Å². The second kappa shape index (κ2) is 15.8. The number of aromatic nitrogens is 1. The van der Waals surface area contributed by atoms with Crippen LogP contribution in [0.25, 0.3) is 0 Å². The number of rotatable bonds is 13. The largest absolute Gasteiger partial charge is 0.474 e. The minimum atomic E-state index is -4.49. The van der Waals surface area contributed by atoms with E-state index in [0.29, 0.717) is 23.2 Å². The molecule has 0 radical (unpaired) electrons. The summed E-state index contributed by atoms with van der Waals surface area (Å²) >= 11 is 0. The molecule has 0 aliphatic carbocycles. The molecule has 0 aliphatic rings. The summed E-state index contributed by atoms with van der Waals surface area (Å²) in [5.41, 5.74) is 0.791. The molecule has 0 spiro atoms. The molecule has 206 valence electrons. The van der Waals surface area contributed by atoms with Gasteiger partial charge in [0.2, 0.25) is 0 Å². The highest BCUT2D eigenvalue weighted by molar-refractivity contribution is 6.31.